The first kappa shape index (κ1) is 102. The number of nitrogens with one attached hydrogen (secondary N) is 22. The van der Waals surface area contributed by atoms with E-state index in [1.165, 1.54) is 0 Å². The summed E-state index contributed by atoms with van der Waals surface area (Å²) < 4.78 is 26.3. The Morgan fingerprint density at radius 2 is 0.692 bits per heavy atom. The molecule has 1 aliphatic rings. The summed E-state index contributed by atoms with van der Waals surface area (Å²) in [6.07, 6.45) is -12.4. The number of alkyl carbamates (subject to hydrolysis) is 5. The second-order valence-electron chi connectivity index (χ2n) is 30.1. The molecule has 7 rings (SSSR count). The first-order valence-corrected chi connectivity index (χ1v) is 41.6. The van der Waals surface area contributed by atoms with E-state index in [2.05, 4.69) is 95.7 Å². The van der Waals surface area contributed by atoms with Gasteiger partial charge in [-0.05, 0) is 91.7 Å². The van der Waals surface area contributed by atoms with Crippen LogP contribution in [-0.4, -0.2) is 217 Å². The standard InChI is InChI=1S/C87H112N22O21/c1-52(2)45-66-75(117)100-62(36-41-93-79(88)106-84(122)127-48-57-27-15-7-16-28-57)71(113)99-65(39-44-96-82(91)109-87(125)130-51-60-33-21-10-22-34-60)74(116)104-68(53(3)110)77(119)92-40-35-61(70(112)98-63(73(115)103-67(76(118)102-66)46-55-23-11-5-12-24-55)37-42-94-80(89)107-85(123)128-49-58-29-17-8-18-30-58)97-72(114)64(38-43-95-81(90)108-86(124)129-50-59-31-19-9-20-32-59)101-78(120)69(54(4)111)105-83(121)126-47-56-25-13-6-14-26-56/h5-34,52-54,61-69,110-111H,35-51H2,1-4H3,(H,92,119)(H,97,114)(H,98,112)(H,99,113)(H,100,117)(H,101,120)(H,102,118)(H,103,115)(H,104,116)(H,105,121)(H3,88,93,106,122)(H3,89,94,107,123)(H3,90,95,108,124)(H3,91,96,109,125)/t53-,54-,61+,62+,63+,64+,65+,66+,67+,68+,69+/m1/s1. The monoisotopic (exact) mass is 1800 g/mol. The zero-order valence-corrected chi connectivity index (χ0v) is 71.9. The zero-order valence-electron chi connectivity index (χ0n) is 71.9. The molecule has 0 radical (unpaired) electrons. The largest absolute Gasteiger partial charge is 0.445 e. The molecule has 14 amide bonds. The van der Waals surface area contributed by atoms with Crippen LogP contribution in [-0.2, 0) is 106 Å². The van der Waals surface area contributed by atoms with Gasteiger partial charge in [0, 0.05) is 39.1 Å². The molecule has 0 saturated carbocycles. The van der Waals surface area contributed by atoms with Crippen LogP contribution in [0.25, 0.3) is 0 Å². The van der Waals surface area contributed by atoms with Crippen molar-refractivity contribution in [3.8, 4) is 0 Å². The summed E-state index contributed by atoms with van der Waals surface area (Å²) >= 11 is 0. The number of hydrogen-bond donors (Lipinski definition) is 24. The van der Waals surface area contributed by atoms with Crippen molar-refractivity contribution in [1.82, 2.24) is 95.7 Å². The Balaban J connectivity index is 1.27. The van der Waals surface area contributed by atoms with Gasteiger partial charge < -0.3 is 108 Å². The van der Waals surface area contributed by atoms with Crippen molar-refractivity contribution >= 4 is 107 Å². The van der Waals surface area contributed by atoms with Gasteiger partial charge in [-0.3, -0.25) is 86.1 Å². The average molecular weight is 1800 g/mol. The summed E-state index contributed by atoms with van der Waals surface area (Å²) in [5.74, 6) is -13.6. The van der Waals surface area contributed by atoms with E-state index in [-0.39, 0.29) is 45.9 Å². The highest BCUT2D eigenvalue weighted by Crippen LogP contribution is 2.14. The molecule has 6 aromatic rings. The molecule has 1 heterocycles. The number of carbonyl (C=O) groups excluding carboxylic acids is 14. The van der Waals surface area contributed by atoms with E-state index in [1.807, 2.05) is 0 Å². The van der Waals surface area contributed by atoms with Gasteiger partial charge in [0.25, 0.3) is 0 Å². The van der Waals surface area contributed by atoms with E-state index in [4.69, 9.17) is 45.3 Å². The summed E-state index contributed by atoms with van der Waals surface area (Å²) in [4.78, 5) is 201. The maximum Gasteiger partial charge on any atom is 0.414 e. The van der Waals surface area contributed by atoms with Gasteiger partial charge in [-0.2, -0.15) is 0 Å². The Labute approximate surface area is 748 Å². The molecule has 0 spiro atoms. The number of benzene rings is 6. The molecule has 0 aliphatic carbocycles. The quantitative estimate of drug-likeness (QED) is 0.0156. The maximum absolute atomic E-state index is 15.5. The molecular weight excluding hydrogens is 1690 g/mol. The van der Waals surface area contributed by atoms with Crippen molar-refractivity contribution in [2.75, 3.05) is 32.7 Å². The van der Waals surface area contributed by atoms with Gasteiger partial charge in [-0.1, -0.05) is 196 Å². The average Bonchev–Trinajstić information content (AvgIpc) is 1.15. The Hall–Kier alpha value is -15.3. The molecule has 43 heteroatoms. The Bertz CT molecular complexity index is 4780. The predicted octanol–water partition coefficient (Wildman–Crippen LogP) is 1.09. The van der Waals surface area contributed by atoms with Crippen molar-refractivity contribution < 1.29 is 101 Å². The van der Waals surface area contributed by atoms with Crippen molar-refractivity contribution in [3.05, 3.63) is 215 Å². The Morgan fingerprint density at radius 1 is 0.377 bits per heavy atom. The van der Waals surface area contributed by atoms with Crippen molar-refractivity contribution in [2.45, 2.75) is 172 Å². The van der Waals surface area contributed by atoms with Crippen LogP contribution >= 0.6 is 0 Å². The minimum Gasteiger partial charge on any atom is -0.445 e. The molecule has 1 aliphatic heterocycles. The molecule has 11 atom stereocenters. The second-order valence-corrected chi connectivity index (χ2v) is 30.1. The van der Waals surface area contributed by atoms with Crippen LogP contribution in [0.2, 0.25) is 0 Å². The molecule has 0 bridgehead atoms. The Kier molecular flexibility index (Phi) is 42.7. The van der Waals surface area contributed by atoms with E-state index in [1.54, 1.807) is 196 Å². The highest BCUT2D eigenvalue weighted by molar-refractivity contribution is 6.00. The van der Waals surface area contributed by atoms with E-state index < -0.39 is 245 Å². The van der Waals surface area contributed by atoms with Crippen LogP contribution in [0.4, 0.5) is 24.0 Å². The highest BCUT2D eigenvalue weighted by atomic mass is 16.6. The lowest BCUT2D eigenvalue weighted by molar-refractivity contribution is -0.136. The summed E-state index contributed by atoms with van der Waals surface area (Å²) in [5, 5.41) is 101. The summed E-state index contributed by atoms with van der Waals surface area (Å²) in [6, 6.07) is 34.2. The number of carbonyl (C=O) groups is 14. The summed E-state index contributed by atoms with van der Waals surface area (Å²) in [6.45, 7) is 2.06. The van der Waals surface area contributed by atoms with Gasteiger partial charge in [0.15, 0.2) is 23.8 Å². The zero-order chi connectivity index (χ0) is 94.3. The number of hydrogen-bond acceptors (Lipinski definition) is 25. The third-order valence-electron chi connectivity index (χ3n) is 19.2. The van der Waals surface area contributed by atoms with E-state index >= 15 is 28.8 Å². The first-order chi connectivity index (χ1) is 62.3. The number of aliphatic hydroxyl groups excluding tert-OH is 2. The van der Waals surface area contributed by atoms with Crippen LogP contribution in [0.15, 0.2) is 182 Å². The number of ether oxygens (including phenoxy) is 5. The topological polar surface area (TPSA) is 638 Å². The fraction of sp³-hybridized carbons (Fsp3) is 0.379. The van der Waals surface area contributed by atoms with Gasteiger partial charge in [0.05, 0.1) is 12.2 Å². The number of guanidine groups is 4. The van der Waals surface area contributed by atoms with Gasteiger partial charge in [-0.25, -0.2) is 24.0 Å². The van der Waals surface area contributed by atoms with E-state index in [0.29, 0.717) is 33.4 Å². The third-order valence-corrected chi connectivity index (χ3v) is 19.2. The second kappa shape index (κ2) is 54.6. The molecule has 0 unspecified atom stereocenters. The molecule has 0 aromatic heterocycles. The minimum absolute atomic E-state index is 0.177. The van der Waals surface area contributed by atoms with Gasteiger partial charge in [-0.15, -0.1) is 0 Å². The molecular formula is C87H112N22O21. The van der Waals surface area contributed by atoms with E-state index in [9.17, 15) is 48.6 Å². The maximum atomic E-state index is 15.5. The number of rotatable bonds is 33. The number of aliphatic hydroxyl groups is 2. The molecule has 24 N–H and O–H groups in total. The van der Waals surface area contributed by atoms with Crippen molar-refractivity contribution in [2.24, 2.45) is 5.92 Å². The minimum atomic E-state index is -1.99. The van der Waals surface area contributed by atoms with Crippen LogP contribution in [0, 0.1) is 27.6 Å². The molecule has 43 nitrogen and oxygen atoms in total. The summed E-state index contributed by atoms with van der Waals surface area (Å²) in [7, 11) is 0. The van der Waals surface area contributed by atoms with Crippen molar-refractivity contribution in [3.63, 3.8) is 0 Å². The molecule has 130 heavy (non-hydrogen) atoms. The van der Waals surface area contributed by atoms with Gasteiger partial charge >= 0.3 is 30.5 Å². The fourth-order valence-electron chi connectivity index (χ4n) is 12.4. The van der Waals surface area contributed by atoms with Crippen LogP contribution in [0.5, 0.6) is 0 Å². The predicted molar refractivity (Wildman–Crippen MR) is 470 cm³/mol. The van der Waals surface area contributed by atoms with Crippen molar-refractivity contribution in [1.29, 1.82) is 21.6 Å². The molecule has 6 aromatic carbocycles. The van der Waals surface area contributed by atoms with E-state index in [0.717, 1.165) is 13.8 Å². The van der Waals surface area contributed by atoms with Gasteiger partial charge in [0.1, 0.15) is 87.4 Å². The SMILES string of the molecule is CC(C)C[C@@H]1NC(=O)[C@H](Cc2ccccc2)NC(=O)[C@H](CCNC(=N)NC(=O)OCc2ccccc2)NC(=O)[C@@H](NC(=O)[C@H](CCNC(=N)NC(=O)OCc2ccccc2)NC(=O)[C@@H](NC(=O)OCc2ccccc2)[C@@H](C)O)CCNC(=O)[C@H]([C@@H](C)O)NC(=O)[C@H](CCNC(=N)NC(=O)OCc2ccccc2)NC(=O)[C@H](CCNC(=N)NC(=O)OCc2ccccc2)NC1=O. The van der Waals surface area contributed by atoms with Crippen LogP contribution in [0.3, 0.4) is 0 Å². The first-order valence-electron chi connectivity index (χ1n) is 41.6. The number of amides is 14. The van der Waals surface area contributed by atoms with Crippen LogP contribution in [0.1, 0.15) is 99.6 Å². The fourth-order valence-corrected chi connectivity index (χ4v) is 12.4. The Morgan fingerprint density at radius 3 is 1.05 bits per heavy atom. The lowest BCUT2D eigenvalue weighted by Gasteiger charge is -2.29. The molecule has 696 valence electrons. The lowest BCUT2D eigenvalue weighted by Crippen LogP contribution is -2.61. The summed E-state index contributed by atoms with van der Waals surface area (Å²) in [5.41, 5.74) is 3.42. The van der Waals surface area contributed by atoms with Gasteiger partial charge in [0.2, 0.25) is 53.2 Å². The molecule has 1 fully saturated rings. The third kappa shape index (κ3) is 38.3. The molecule has 1 saturated heterocycles. The highest BCUT2D eigenvalue weighted by Gasteiger charge is 2.38. The lowest BCUT2D eigenvalue weighted by atomic mass is 10.00. The smallest absolute Gasteiger partial charge is 0.414 e. The normalized spacial score (nSPS) is 17.8. The van der Waals surface area contributed by atoms with Crippen LogP contribution < -0.4 is 95.7 Å².